The summed E-state index contributed by atoms with van der Waals surface area (Å²) in [5.74, 6) is -0.645. The van der Waals surface area contributed by atoms with Crippen LogP contribution in [0.25, 0.3) is 0 Å². The van der Waals surface area contributed by atoms with E-state index in [2.05, 4.69) is 13.8 Å². The number of carboxylic acids is 1. The zero-order chi connectivity index (χ0) is 13.7. The summed E-state index contributed by atoms with van der Waals surface area (Å²) >= 11 is 0. The summed E-state index contributed by atoms with van der Waals surface area (Å²) < 4.78 is 0. The molecule has 1 heterocycles. The third-order valence-corrected chi connectivity index (χ3v) is 3.79. The zero-order valence-corrected chi connectivity index (χ0v) is 11.6. The number of hydrogen-bond acceptors (Lipinski definition) is 2. The lowest BCUT2D eigenvalue weighted by atomic mass is 10.0. The Morgan fingerprint density at radius 2 is 1.83 bits per heavy atom. The van der Waals surface area contributed by atoms with Gasteiger partial charge in [0.05, 0.1) is 5.92 Å². The second-order valence-corrected chi connectivity index (χ2v) is 4.94. The van der Waals surface area contributed by atoms with Gasteiger partial charge in [0.1, 0.15) is 0 Å². The second-order valence-electron chi connectivity index (χ2n) is 4.94. The van der Waals surface area contributed by atoms with Crippen molar-refractivity contribution >= 4 is 12.0 Å². The highest BCUT2D eigenvalue weighted by Crippen LogP contribution is 2.19. The molecule has 0 saturated carbocycles. The van der Waals surface area contributed by atoms with Crippen molar-refractivity contribution in [2.75, 3.05) is 26.2 Å². The Bertz CT molecular complexity index is 297. The number of hydrogen-bond donors (Lipinski definition) is 1. The van der Waals surface area contributed by atoms with Crippen LogP contribution < -0.4 is 0 Å². The monoisotopic (exact) mass is 256 g/mol. The van der Waals surface area contributed by atoms with Crippen molar-refractivity contribution in [3.63, 3.8) is 0 Å². The highest BCUT2D eigenvalue weighted by molar-refractivity contribution is 5.79. The Morgan fingerprint density at radius 1 is 1.28 bits per heavy atom. The fraction of sp³-hybridized carbons (Fsp3) is 0.846. The summed E-state index contributed by atoms with van der Waals surface area (Å²) in [5.41, 5.74) is 0. The second kappa shape index (κ2) is 6.61. The van der Waals surface area contributed by atoms with E-state index < -0.39 is 5.97 Å². The highest BCUT2D eigenvalue weighted by atomic mass is 16.4. The number of nitrogens with zero attached hydrogens (tertiary/aromatic N) is 2. The van der Waals surface area contributed by atoms with Crippen LogP contribution in [0, 0.1) is 11.8 Å². The van der Waals surface area contributed by atoms with Crippen molar-refractivity contribution in [3.05, 3.63) is 0 Å². The van der Waals surface area contributed by atoms with Crippen LogP contribution >= 0.6 is 0 Å². The quantitative estimate of drug-likeness (QED) is 0.789. The minimum Gasteiger partial charge on any atom is -0.481 e. The van der Waals surface area contributed by atoms with Crippen LogP contribution in [0.1, 0.15) is 33.6 Å². The summed E-state index contributed by atoms with van der Waals surface area (Å²) in [6.45, 7) is 8.41. The van der Waals surface area contributed by atoms with Crippen LogP contribution in [0.5, 0.6) is 0 Å². The standard InChI is InChI=1S/C13H24N2O3/c1-4-10(5-2)7-14(6-3)13(18)15-8-11(9-15)12(16)17/h10-11H,4-9H2,1-3H3,(H,16,17). The lowest BCUT2D eigenvalue weighted by Crippen LogP contribution is -2.57. The summed E-state index contributed by atoms with van der Waals surface area (Å²) in [4.78, 5) is 26.3. The topological polar surface area (TPSA) is 60.9 Å². The number of rotatable bonds is 6. The van der Waals surface area contributed by atoms with E-state index >= 15 is 0 Å². The molecule has 1 aliphatic rings. The van der Waals surface area contributed by atoms with E-state index in [0.717, 1.165) is 19.4 Å². The molecule has 0 aromatic rings. The van der Waals surface area contributed by atoms with Gasteiger partial charge in [-0.15, -0.1) is 0 Å². The molecule has 1 fully saturated rings. The van der Waals surface area contributed by atoms with Crippen molar-refractivity contribution in [2.24, 2.45) is 11.8 Å². The molecule has 0 aliphatic carbocycles. The van der Waals surface area contributed by atoms with Gasteiger partial charge in [0.2, 0.25) is 0 Å². The lowest BCUT2D eigenvalue weighted by Gasteiger charge is -2.40. The van der Waals surface area contributed by atoms with E-state index in [1.165, 1.54) is 0 Å². The molecule has 5 nitrogen and oxygen atoms in total. The van der Waals surface area contributed by atoms with E-state index in [4.69, 9.17) is 5.11 Å². The summed E-state index contributed by atoms with van der Waals surface area (Å²) in [6.07, 6.45) is 2.13. The van der Waals surface area contributed by atoms with Crippen molar-refractivity contribution in [2.45, 2.75) is 33.6 Å². The number of carboxylic acid groups (broad SMARTS) is 1. The smallest absolute Gasteiger partial charge is 0.320 e. The first-order valence-electron chi connectivity index (χ1n) is 6.80. The minimum atomic E-state index is -0.804. The molecule has 1 rings (SSSR count). The molecule has 1 aliphatic heterocycles. The van der Waals surface area contributed by atoms with E-state index in [9.17, 15) is 9.59 Å². The van der Waals surface area contributed by atoms with E-state index in [-0.39, 0.29) is 11.9 Å². The Morgan fingerprint density at radius 3 is 2.22 bits per heavy atom. The maximum Gasteiger partial charge on any atom is 0.320 e. The van der Waals surface area contributed by atoms with Crippen LogP contribution in [-0.2, 0) is 4.79 Å². The molecular weight excluding hydrogens is 232 g/mol. The van der Waals surface area contributed by atoms with E-state index in [1.54, 1.807) is 4.90 Å². The molecule has 18 heavy (non-hydrogen) atoms. The lowest BCUT2D eigenvalue weighted by molar-refractivity contribution is -0.146. The molecule has 0 aromatic carbocycles. The SMILES string of the molecule is CCC(CC)CN(CC)C(=O)N1CC(C(=O)O)C1. The van der Waals surface area contributed by atoms with Crippen molar-refractivity contribution in [3.8, 4) is 0 Å². The average molecular weight is 256 g/mol. The van der Waals surface area contributed by atoms with Gasteiger partial charge in [-0.25, -0.2) is 4.79 Å². The normalized spacial score (nSPS) is 15.7. The molecule has 0 aromatic heterocycles. The fourth-order valence-corrected chi connectivity index (χ4v) is 2.19. The van der Waals surface area contributed by atoms with Crippen LogP contribution in [0.15, 0.2) is 0 Å². The maximum atomic E-state index is 12.2. The Balaban J connectivity index is 2.46. The summed E-state index contributed by atoms with van der Waals surface area (Å²) in [7, 11) is 0. The molecule has 0 spiro atoms. The van der Waals surface area contributed by atoms with Gasteiger partial charge in [-0.2, -0.15) is 0 Å². The molecule has 104 valence electrons. The molecule has 1 N–H and O–H groups in total. The maximum absolute atomic E-state index is 12.2. The van der Waals surface area contributed by atoms with Gasteiger partial charge in [0.25, 0.3) is 0 Å². The zero-order valence-electron chi connectivity index (χ0n) is 11.6. The molecule has 0 atom stereocenters. The molecule has 5 heteroatoms. The van der Waals surface area contributed by atoms with Gasteiger partial charge in [0, 0.05) is 26.2 Å². The van der Waals surface area contributed by atoms with E-state index in [1.807, 2.05) is 11.8 Å². The fourth-order valence-electron chi connectivity index (χ4n) is 2.19. The first-order chi connectivity index (χ1) is 8.53. The number of carbonyl (C=O) groups excluding carboxylic acids is 1. The number of aliphatic carboxylic acids is 1. The molecule has 0 radical (unpaired) electrons. The first kappa shape index (κ1) is 14.8. The first-order valence-corrected chi connectivity index (χ1v) is 6.80. The molecule has 0 bridgehead atoms. The molecule has 0 unspecified atom stereocenters. The molecule has 1 saturated heterocycles. The van der Waals surface area contributed by atoms with Crippen molar-refractivity contribution in [1.82, 2.24) is 9.80 Å². The Labute approximate surface area is 109 Å². The molecule has 2 amide bonds. The van der Waals surface area contributed by atoms with Crippen LogP contribution in [0.3, 0.4) is 0 Å². The van der Waals surface area contributed by atoms with Gasteiger partial charge in [-0.05, 0) is 12.8 Å². The third-order valence-electron chi connectivity index (χ3n) is 3.79. The highest BCUT2D eigenvalue weighted by Gasteiger charge is 2.37. The third kappa shape index (κ3) is 3.37. The summed E-state index contributed by atoms with van der Waals surface area (Å²) in [6, 6.07) is -0.0121. The van der Waals surface area contributed by atoms with Crippen LogP contribution in [-0.4, -0.2) is 53.1 Å². The van der Waals surface area contributed by atoms with E-state index in [0.29, 0.717) is 25.6 Å². The number of urea groups is 1. The van der Waals surface area contributed by atoms with Gasteiger partial charge in [0.15, 0.2) is 0 Å². The number of amides is 2. The Hall–Kier alpha value is -1.26. The number of likely N-dealkylation sites (tertiary alicyclic amines) is 1. The molecular formula is C13H24N2O3. The minimum absolute atomic E-state index is 0.0121. The average Bonchev–Trinajstić information content (AvgIpc) is 2.28. The van der Waals surface area contributed by atoms with Crippen molar-refractivity contribution < 1.29 is 14.7 Å². The van der Waals surface area contributed by atoms with Crippen molar-refractivity contribution in [1.29, 1.82) is 0 Å². The van der Waals surface area contributed by atoms with Gasteiger partial charge >= 0.3 is 12.0 Å². The summed E-state index contributed by atoms with van der Waals surface area (Å²) in [5, 5.41) is 8.80. The van der Waals surface area contributed by atoms with Gasteiger partial charge in [-0.3, -0.25) is 4.79 Å². The Kier molecular flexibility index (Phi) is 5.44. The van der Waals surface area contributed by atoms with Crippen LogP contribution in [0.4, 0.5) is 4.79 Å². The van der Waals surface area contributed by atoms with Gasteiger partial charge < -0.3 is 14.9 Å². The van der Waals surface area contributed by atoms with Gasteiger partial charge in [-0.1, -0.05) is 26.7 Å². The van der Waals surface area contributed by atoms with Crippen LogP contribution in [0.2, 0.25) is 0 Å². The number of carbonyl (C=O) groups is 2. The predicted octanol–water partition coefficient (Wildman–Crippen LogP) is 1.88. The largest absolute Gasteiger partial charge is 0.481 e. The predicted molar refractivity (Wildman–Crippen MR) is 69.4 cm³/mol.